The first kappa shape index (κ1) is 14.1. The molecule has 2 nitrogen and oxygen atoms in total. The number of rotatable bonds is 4. The Balaban J connectivity index is 1.77. The number of hydrogen-bond acceptors (Lipinski definition) is 3. The van der Waals surface area contributed by atoms with Crippen LogP contribution in [0.2, 0.25) is 0 Å². The first-order valence-electron chi connectivity index (χ1n) is 6.76. The Morgan fingerprint density at radius 3 is 2.90 bits per heavy atom. The van der Waals surface area contributed by atoms with Crippen LogP contribution in [0.5, 0.6) is 5.75 Å². The van der Waals surface area contributed by atoms with Gasteiger partial charge in [-0.3, -0.25) is 4.79 Å². The van der Waals surface area contributed by atoms with E-state index in [0.29, 0.717) is 5.56 Å². The van der Waals surface area contributed by atoms with Gasteiger partial charge in [-0.2, -0.15) is 0 Å². The molecule has 0 saturated carbocycles. The molecule has 0 N–H and O–H groups in total. The summed E-state index contributed by atoms with van der Waals surface area (Å²) in [6.07, 6.45) is 0.250. The van der Waals surface area contributed by atoms with Gasteiger partial charge in [0.15, 0.2) is 11.6 Å². The molecule has 1 heterocycles. The number of ether oxygens (including phenoxy) is 1. The Hall–Kier alpha value is -1.81. The van der Waals surface area contributed by atoms with Crippen molar-refractivity contribution in [3.05, 3.63) is 59.4 Å². The molecule has 0 amide bonds. The molecule has 1 atom stereocenters. The second-order valence-corrected chi connectivity index (χ2v) is 6.08. The van der Waals surface area contributed by atoms with Crippen molar-refractivity contribution in [2.24, 2.45) is 0 Å². The molecule has 21 heavy (non-hydrogen) atoms. The highest BCUT2D eigenvalue weighted by Crippen LogP contribution is 2.40. The van der Waals surface area contributed by atoms with Gasteiger partial charge in [0.2, 0.25) is 0 Å². The summed E-state index contributed by atoms with van der Waals surface area (Å²) in [7, 11) is 1.43. The number of carbonyl (C=O) groups is 1. The lowest BCUT2D eigenvalue weighted by Crippen LogP contribution is -2.14. The van der Waals surface area contributed by atoms with Crippen molar-refractivity contribution < 1.29 is 13.9 Å². The maximum absolute atomic E-state index is 13.7. The number of thioether (sulfide) groups is 1. The third-order valence-electron chi connectivity index (χ3n) is 3.68. The van der Waals surface area contributed by atoms with Crippen molar-refractivity contribution in [2.45, 2.75) is 17.2 Å². The highest BCUT2D eigenvalue weighted by molar-refractivity contribution is 7.99. The minimum absolute atomic E-state index is 0.0867. The van der Waals surface area contributed by atoms with Crippen LogP contribution in [-0.4, -0.2) is 18.6 Å². The summed E-state index contributed by atoms with van der Waals surface area (Å²) in [5, 5.41) is 0. The number of Topliss-reactive ketones (excluding diaryl/α,β-unsaturated/α-hetero) is 1. The normalized spacial score (nSPS) is 16.6. The lowest BCUT2D eigenvalue weighted by atomic mass is 9.93. The molecule has 1 aliphatic heterocycles. The fourth-order valence-corrected chi connectivity index (χ4v) is 3.84. The summed E-state index contributed by atoms with van der Waals surface area (Å²) < 4.78 is 18.6. The van der Waals surface area contributed by atoms with E-state index < -0.39 is 5.82 Å². The summed E-state index contributed by atoms with van der Waals surface area (Å²) >= 11 is 1.71. The van der Waals surface area contributed by atoms with E-state index in [-0.39, 0.29) is 23.9 Å². The predicted octanol–water partition coefficient (Wildman–Crippen LogP) is 3.84. The number of carbonyl (C=O) groups excluding carboxylic acids is 1. The molecule has 1 unspecified atom stereocenters. The minimum Gasteiger partial charge on any atom is -0.494 e. The Bertz CT molecular complexity index is 684. The van der Waals surface area contributed by atoms with Gasteiger partial charge in [0, 0.05) is 17.1 Å². The van der Waals surface area contributed by atoms with Gasteiger partial charge in [-0.05, 0) is 29.3 Å². The van der Waals surface area contributed by atoms with Gasteiger partial charge >= 0.3 is 0 Å². The lowest BCUT2D eigenvalue weighted by molar-refractivity contribution is -0.119. The van der Waals surface area contributed by atoms with Gasteiger partial charge in [-0.1, -0.05) is 24.3 Å². The predicted molar refractivity (Wildman–Crippen MR) is 81.6 cm³/mol. The summed E-state index contributed by atoms with van der Waals surface area (Å²) in [5.41, 5.74) is 1.79. The fraction of sp³-hybridized carbons (Fsp3) is 0.235. The molecular weight excluding hydrogens is 287 g/mol. The van der Waals surface area contributed by atoms with E-state index in [1.165, 1.54) is 18.1 Å². The molecule has 2 aromatic rings. The van der Waals surface area contributed by atoms with Crippen molar-refractivity contribution in [3.8, 4) is 5.75 Å². The van der Waals surface area contributed by atoms with Crippen molar-refractivity contribution >= 4 is 17.5 Å². The van der Waals surface area contributed by atoms with E-state index in [2.05, 4.69) is 0 Å². The van der Waals surface area contributed by atoms with Crippen LogP contribution in [0, 0.1) is 5.82 Å². The zero-order valence-electron chi connectivity index (χ0n) is 11.6. The van der Waals surface area contributed by atoms with Crippen molar-refractivity contribution in [1.82, 2.24) is 0 Å². The van der Waals surface area contributed by atoms with Crippen LogP contribution in [0.1, 0.15) is 17.0 Å². The van der Waals surface area contributed by atoms with Gasteiger partial charge in [-0.25, -0.2) is 4.39 Å². The highest BCUT2D eigenvalue weighted by Gasteiger charge is 2.28. The SMILES string of the molecule is COc1ccc(CC(=O)C2CSc3ccccc32)cc1F. The third-order valence-corrected chi connectivity index (χ3v) is 4.87. The van der Waals surface area contributed by atoms with Gasteiger partial charge in [0.1, 0.15) is 5.78 Å². The van der Waals surface area contributed by atoms with Crippen molar-refractivity contribution in [1.29, 1.82) is 0 Å². The Labute approximate surface area is 127 Å². The van der Waals surface area contributed by atoms with Crippen molar-refractivity contribution in [2.75, 3.05) is 12.9 Å². The van der Waals surface area contributed by atoms with E-state index in [0.717, 1.165) is 11.3 Å². The second-order valence-electron chi connectivity index (χ2n) is 5.01. The average molecular weight is 302 g/mol. The molecule has 0 fully saturated rings. The zero-order valence-corrected chi connectivity index (χ0v) is 12.5. The molecule has 4 heteroatoms. The largest absolute Gasteiger partial charge is 0.494 e. The number of fused-ring (bicyclic) bond motifs is 1. The number of ketones is 1. The second kappa shape index (κ2) is 5.90. The molecule has 0 aliphatic carbocycles. The maximum atomic E-state index is 13.7. The summed E-state index contributed by atoms with van der Waals surface area (Å²) in [4.78, 5) is 13.7. The van der Waals surface area contributed by atoms with Crippen LogP contribution in [0.4, 0.5) is 4.39 Å². The van der Waals surface area contributed by atoms with E-state index >= 15 is 0 Å². The molecule has 3 rings (SSSR count). The fourth-order valence-electron chi connectivity index (χ4n) is 2.57. The topological polar surface area (TPSA) is 26.3 Å². The first-order chi connectivity index (χ1) is 10.2. The molecule has 1 aliphatic rings. The molecule has 108 valence electrons. The van der Waals surface area contributed by atoms with Crippen LogP contribution in [0.25, 0.3) is 0 Å². The molecule has 0 spiro atoms. The smallest absolute Gasteiger partial charge is 0.165 e. The van der Waals surface area contributed by atoms with Gasteiger partial charge in [0.05, 0.1) is 13.0 Å². The Morgan fingerprint density at radius 1 is 1.33 bits per heavy atom. The Kier molecular flexibility index (Phi) is 3.97. The quantitative estimate of drug-likeness (QED) is 0.858. The van der Waals surface area contributed by atoms with Crippen LogP contribution in [0.3, 0.4) is 0 Å². The van der Waals surface area contributed by atoms with Gasteiger partial charge in [-0.15, -0.1) is 11.8 Å². The highest BCUT2D eigenvalue weighted by atomic mass is 32.2. The van der Waals surface area contributed by atoms with E-state index in [1.807, 2.05) is 24.3 Å². The van der Waals surface area contributed by atoms with E-state index in [1.54, 1.807) is 23.9 Å². The van der Waals surface area contributed by atoms with Crippen molar-refractivity contribution in [3.63, 3.8) is 0 Å². The summed E-state index contributed by atoms with van der Waals surface area (Å²) in [5.74, 6) is 0.599. The standard InChI is InChI=1S/C17H15FO2S/c1-20-16-7-6-11(8-14(16)18)9-15(19)13-10-21-17-5-3-2-4-12(13)17/h2-8,13H,9-10H2,1H3. The minimum atomic E-state index is -0.427. The zero-order chi connectivity index (χ0) is 14.8. The summed E-state index contributed by atoms with van der Waals surface area (Å²) in [6.45, 7) is 0. The van der Waals surface area contributed by atoms with Crippen LogP contribution >= 0.6 is 11.8 Å². The number of halogens is 1. The molecule has 2 aromatic carbocycles. The van der Waals surface area contributed by atoms with Gasteiger partial charge in [0.25, 0.3) is 0 Å². The third kappa shape index (κ3) is 2.81. The number of methoxy groups -OCH3 is 1. The molecule has 0 radical (unpaired) electrons. The lowest BCUT2D eigenvalue weighted by Gasteiger charge is -2.10. The first-order valence-corrected chi connectivity index (χ1v) is 7.74. The molecular formula is C17H15FO2S. The van der Waals surface area contributed by atoms with Crippen LogP contribution in [-0.2, 0) is 11.2 Å². The van der Waals surface area contributed by atoms with Gasteiger partial charge < -0.3 is 4.74 Å². The Morgan fingerprint density at radius 2 is 2.14 bits per heavy atom. The molecule has 0 bridgehead atoms. The van der Waals surface area contributed by atoms with E-state index in [4.69, 9.17) is 4.74 Å². The monoisotopic (exact) mass is 302 g/mol. The molecule has 0 saturated heterocycles. The number of hydrogen-bond donors (Lipinski definition) is 0. The van der Waals surface area contributed by atoms with E-state index in [9.17, 15) is 9.18 Å². The van der Waals surface area contributed by atoms with Crippen LogP contribution < -0.4 is 4.74 Å². The number of benzene rings is 2. The average Bonchev–Trinajstić information content (AvgIpc) is 2.91. The molecule has 0 aromatic heterocycles. The maximum Gasteiger partial charge on any atom is 0.165 e. The summed E-state index contributed by atoms with van der Waals surface area (Å²) in [6, 6.07) is 12.7. The van der Waals surface area contributed by atoms with Crippen LogP contribution in [0.15, 0.2) is 47.4 Å².